The van der Waals surface area contributed by atoms with Gasteiger partial charge in [-0.15, -0.1) is 0 Å². The molecule has 3 heteroatoms. The molecule has 0 aliphatic carbocycles. The first-order valence-corrected chi connectivity index (χ1v) is 7.28. The Morgan fingerprint density at radius 2 is 2.28 bits per heavy atom. The molecule has 0 spiro atoms. The number of hydrogen-bond acceptors (Lipinski definition) is 2. The highest BCUT2D eigenvalue weighted by atomic mass is 35.5. The number of nitrogens with zero attached hydrogens (tertiary/aromatic N) is 1. The van der Waals surface area contributed by atoms with Crippen molar-refractivity contribution in [2.75, 3.05) is 20.1 Å². The van der Waals surface area contributed by atoms with Crippen LogP contribution in [0.4, 0.5) is 0 Å². The van der Waals surface area contributed by atoms with Crippen molar-refractivity contribution in [1.29, 1.82) is 0 Å². The molecule has 1 aromatic carbocycles. The van der Waals surface area contributed by atoms with Gasteiger partial charge in [0, 0.05) is 17.6 Å². The average Bonchev–Trinajstić information content (AvgIpc) is 2.38. The van der Waals surface area contributed by atoms with Gasteiger partial charge in [0.15, 0.2) is 0 Å². The van der Waals surface area contributed by atoms with E-state index >= 15 is 0 Å². The molecule has 1 N–H and O–H groups in total. The number of halogens is 1. The van der Waals surface area contributed by atoms with Crippen LogP contribution in [0.3, 0.4) is 0 Å². The molecule has 1 saturated heterocycles. The third kappa shape index (κ3) is 4.60. The van der Waals surface area contributed by atoms with Crippen LogP contribution in [0.5, 0.6) is 0 Å². The number of rotatable bonds is 5. The summed E-state index contributed by atoms with van der Waals surface area (Å²) in [4.78, 5) is 2.38. The molecule has 1 heterocycles. The molecular weight excluding hydrogens is 244 g/mol. The van der Waals surface area contributed by atoms with Gasteiger partial charge in [-0.05, 0) is 57.1 Å². The smallest absolute Gasteiger partial charge is 0.0409 e. The minimum atomic E-state index is 0.723. The molecular formula is C15H23ClN2. The van der Waals surface area contributed by atoms with Crippen LogP contribution in [0.15, 0.2) is 24.3 Å². The van der Waals surface area contributed by atoms with E-state index in [1.165, 1.54) is 37.8 Å². The van der Waals surface area contributed by atoms with Crippen molar-refractivity contribution in [3.63, 3.8) is 0 Å². The molecule has 100 valence electrons. The molecule has 1 aromatic rings. The van der Waals surface area contributed by atoms with Gasteiger partial charge in [-0.25, -0.2) is 0 Å². The van der Waals surface area contributed by atoms with Gasteiger partial charge in [0.1, 0.15) is 0 Å². The summed E-state index contributed by atoms with van der Waals surface area (Å²) < 4.78 is 0. The van der Waals surface area contributed by atoms with Gasteiger partial charge in [0.05, 0.1) is 0 Å². The number of nitrogens with one attached hydrogen (secondary N) is 1. The predicted molar refractivity (Wildman–Crippen MR) is 78.0 cm³/mol. The lowest BCUT2D eigenvalue weighted by Gasteiger charge is -2.26. The van der Waals surface area contributed by atoms with Gasteiger partial charge in [-0.3, -0.25) is 0 Å². The summed E-state index contributed by atoms with van der Waals surface area (Å²) in [5, 5.41) is 4.43. The molecule has 18 heavy (non-hydrogen) atoms. The summed E-state index contributed by atoms with van der Waals surface area (Å²) in [6.45, 7) is 3.32. The second-order valence-electron chi connectivity index (χ2n) is 5.30. The zero-order valence-electron chi connectivity index (χ0n) is 11.2. The molecule has 1 unspecified atom stereocenters. The standard InChI is InChI=1S/C15H23ClN2/c1-18(10-8-15-7-2-3-9-17-15)12-13-5-4-6-14(16)11-13/h4-6,11,15,17H,2-3,7-10,12H2,1H3. The van der Waals surface area contributed by atoms with Crippen LogP contribution < -0.4 is 5.32 Å². The molecule has 0 bridgehead atoms. The summed E-state index contributed by atoms with van der Waals surface area (Å²) >= 11 is 6.00. The number of benzene rings is 1. The topological polar surface area (TPSA) is 15.3 Å². The molecule has 2 nitrogen and oxygen atoms in total. The second-order valence-corrected chi connectivity index (χ2v) is 5.74. The Kier molecular flexibility index (Phi) is 5.48. The Morgan fingerprint density at radius 1 is 1.39 bits per heavy atom. The zero-order chi connectivity index (χ0) is 12.8. The maximum Gasteiger partial charge on any atom is 0.0409 e. The number of hydrogen-bond donors (Lipinski definition) is 1. The zero-order valence-corrected chi connectivity index (χ0v) is 11.9. The third-order valence-electron chi connectivity index (χ3n) is 3.61. The molecule has 2 rings (SSSR count). The first-order chi connectivity index (χ1) is 8.74. The summed E-state index contributed by atoms with van der Waals surface area (Å²) in [6.07, 6.45) is 5.31. The maximum absolute atomic E-state index is 6.00. The highest BCUT2D eigenvalue weighted by molar-refractivity contribution is 6.30. The van der Waals surface area contributed by atoms with Crippen molar-refractivity contribution >= 4 is 11.6 Å². The van der Waals surface area contributed by atoms with Crippen molar-refractivity contribution in [2.45, 2.75) is 38.3 Å². The van der Waals surface area contributed by atoms with Crippen LogP contribution in [0, 0.1) is 0 Å². The van der Waals surface area contributed by atoms with Gasteiger partial charge >= 0.3 is 0 Å². The monoisotopic (exact) mass is 266 g/mol. The van der Waals surface area contributed by atoms with E-state index in [0.29, 0.717) is 0 Å². The van der Waals surface area contributed by atoms with Crippen LogP contribution in [0.25, 0.3) is 0 Å². The van der Waals surface area contributed by atoms with Gasteiger partial charge in [-0.1, -0.05) is 30.2 Å². The summed E-state index contributed by atoms with van der Waals surface area (Å²) in [7, 11) is 2.18. The summed E-state index contributed by atoms with van der Waals surface area (Å²) in [5.41, 5.74) is 1.29. The van der Waals surface area contributed by atoms with E-state index in [1.807, 2.05) is 12.1 Å². The van der Waals surface area contributed by atoms with Gasteiger partial charge in [-0.2, -0.15) is 0 Å². The van der Waals surface area contributed by atoms with Crippen molar-refractivity contribution in [3.8, 4) is 0 Å². The highest BCUT2D eigenvalue weighted by Crippen LogP contribution is 2.14. The highest BCUT2D eigenvalue weighted by Gasteiger charge is 2.12. The molecule has 0 aromatic heterocycles. The van der Waals surface area contributed by atoms with Crippen molar-refractivity contribution in [1.82, 2.24) is 10.2 Å². The van der Waals surface area contributed by atoms with E-state index in [9.17, 15) is 0 Å². The SMILES string of the molecule is CN(CCC1CCCCN1)Cc1cccc(Cl)c1. The van der Waals surface area contributed by atoms with E-state index in [-0.39, 0.29) is 0 Å². The van der Waals surface area contributed by atoms with Crippen LogP contribution in [0.2, 0.25) is 5.02 Å². The van der Waals surface area contributed by atoms with Crippen LogP contribution in [-0.2, 0) is 6.54 Å². The van der Waals surface area contributed by atoms with Gasteiger partial charge in [0.2, 0.25) is 0 Å². The second kappa shape index (κ2) is 7.13. The van der Waals surface area contributed by atoms with E-state index in [1.54, 1.807) is 0 Å². The lowest BCUT2D eigenvalue weighted by molar-refractivity contribution is 0.282. The molecule has 0 saturated carbocycles. The van der Waals surface area contributed by atoms with Crippen molar-refractivity contribution in [3.05, 3.63) is 34.9 Å². The lowest BCUT2D eigenvalue weighted by Crippen LogP contribution is -2.36. The fourth-order valence-corrected chi connectivity index (χ4v) is 2.79. The molecule has 0 radical (unpaired) electrons. The summed E-state index contributed by atoms with van der Waals surface area (Å²) in [6, 6.07) is 8.86. The van der Waals surface area contributed by atoms with Crippen molar-refractivity contribution in [2.24, 2.45) is 0 Å². The fourth-order valence-electron chi connectivity index (χ4n) is 2.57. The van der Waals surface area contributed by atoms with Crippen LogP contribution >= 0.6 is 11.6 Å². The molecule has 0 amide bonds. The molecule has 1 aliphatic rings. The van der Waals surface area contributed by atoms with Crippen molar-refractivity contribution < 1.29 is 0 Å². The Labute approximate surface area is 115 Å². The maximum atomic E-state index is 6.00. The summed E-state index contributed by atoms with van der Waals surface area (Å²) in [5.74, 6) is 0. The first-order valence-electron chi connectivity index (χ1n) is 6.90. The Bertz CT molecular complexity index is 361. The quantitative estimate of drug-likeness (QED) is 0.880. The van der Waals surface area contributed by atoms with E-state index in [4.69, 9.17) is 11.6 Å². The third-order valence-corrected chi connectivity index (χ3v) is 3.85. The Morgan fingerprint density at radius 3 is 3.00 bits per heavy atom. The first kappa shape index (κ1) is 13.9. The predicted octanol–water partition coefficient (Wildman–Crippen LogP) is 3.30. The fraction of sp³-hybridized carbons (Fsp3) is 0.600. The van der Waals surface area contributed by atoms with E-state index < -0.39 is 0 Å². The van der Waals surface area contributed by atoms with Gasteiger partial charge in [0.25, 0.3) is 0 Å². The Balaban J connectivity index is 1.72. The average molecular weight is 267 g/mol. The molecule has 1 atom stereocenters. The Hall–Kier alpha value is -0.570. The minimum absolute atomic E-state index is 0.723. The van der Waals surface area contributed by atoms with E-state index in [2.05, 4.69) is 29.4 Å². The van der Waals surface area contributed by atoms with Gasteiger partial charge < -0.3 is 10.2 Å². The van der Waals surface area contributed by atoms with Crippen LogP contribution in [0.1, 0.15) is 31.2 Å². The van der Waals surface area contributed by atoms with E-state index in [0.717, 1.165) is 24.2 Å². The minimum Gasteiger partial charge on any atom is -0.314 e. The normalized spacial score (nSPS) is 20.3. The largest absolute Gasteiger partial charge is 0.314 e. The molecule has 1 aliphatic heterocycles. The lowest BCUT2D eigenvalue weighted by atomic mass is 10.0. The van der Waals surface area contributed by atoms with Crippen LogP contribution in [-0.4, -0.2) is 31.1 Å². The number of piperidine rings is 1. The molecule has 1 fully saturated rings.